The summed E-state index contributed by atoms with van der Waals surface area (Å²) in [6.07, 6.45) is 0. The van der Waals surface area contributed by atoms with Crippen LogP contribution in [0.1, 0.15) is 47.2 Å². The molecule has 0 radical (unpaired) electrons. The van der Waals surface area contributed by atoms with Crippen LogP contribution in [0.15, 0.2) is 217 Å². The van der Waals surface area contributed by atoms with Crippen LogP contribution in [0.2, 0.25) is 0 Å². The molecule has 0 aliphatic heterocycles. The first-order chi connectivity index (χ1) is 31.5. The summed E-state index contributed by atoms with van der Waals surface area (Å²) in [4.78, 5) is 2.51. The Hall–Kier alpha value is -7.94. The fraction of sp³-hybridized carbons (Fsp3) is 0.0645. The van der Waals surface area contributed by atoms with Crippen molar-refractivity contribution in [3.63, 3.8) is 0 Å². The van der Waals surface area contributed by atoms with Crippen LogP contribution in [0, 0.1) is 0 Å². The van der Waals surface area contributed by atoms with E-state index in [4.69, 9.17) is 4.42 Å². The standard InChI is InChI=1S/C62H41NO/c1-61(2)50-24-12-8-20-43(50)47-31-29-40(36-54(47)61)63(56-34-33-49-59-42-19-7-6-16-38(42)28-35-57(59)64-60(49)58(56)39-17-4-3-5-18-39)41-30-32-48-46-23-11-15-27-53(46)62(55(48)37-41)51-25-13-9-21-44(51)45-22-10-14-26-52(45)62/h3-37H,1-2H3. The minimum atomic E-state index is -0.478. The van der Waals surface area contributed by atoms with E-state index in [2.05, 4.69) is 231 Å². The zero-order valence-corrected chi connectivity index (χ0v) is 35.6. The minimum absolute atomic E-state index is 0.180. The third-order valence-corrected chi connectivity index (χ3v) is 14.9. The molecule has 1 spiro atoms. The number of rotatable bonds is 4. The predicted octanol–water partition coefficient (Wildman–Crippen LogP) is 16.5. The van der Waals surface area contributed by atoms with E-state index in [0.717, 1.165) is 50.1 Å². The van der Waals surface area contributed by atoms with Crippen molar-refractivity contribution in [3.8, 4) is 44.5 Å². The lowest BCUT2D eigenvalue weighted by molar-refractivity contribution is 0.660. The first-order valence-corrected chi connectivity index (χ1v) is 22.4. The number of nitrogens with zero attached hydrogens (tertiary/aromatic N) is 1. The number of hydrogen-bond acceptors (Lipinski definition) is 2. The maximum Gasteiger partial charge on any atom is 0.145 e. The largest absolute Gasteiger partial charge is 0.455 e. The van der Waals surface area contributed by atoms with E-state index < -0.39 is 5.41 Å². The molecule has 0 bridgehead atoms. The second-order valence-electron chi connectivity index (χ2n) is 18.3. The molecule has 0 atom stereocenters. The van der Waals surface area contributed by atoms with Gasteiger partial charge in [-0.15, -0.1) is 0 Å². The third-order valence-electron chi connectivity index (χ3n) is 14.9. The van der Waals surface area contributed by atoms with Gasteiger partial charge in [0.1, 0.15) is 11.2 Å². The first-order valence-electron chi connectivity index (χ1n) is 22.4. The molecule has 300 valence electrons. The van der Waals surface area contributed by atoms with Gasteiger partial charge < -0.3 is 9.32 Å². The zero-order chi connectivity index (χ0) is 42.3. The Kier molecular flexibility index (Phi) is 7.13. The molecule has 1 aromatic heterocycles. The average molecular weight is 816 g/mol. The van der Waals surface area contributed by atoms with Crippen molar-refractivity contribution >= 4 is 49.8 Å². The normalized spacial score (nSPS) is 14.3. The SMILES string of the molecule is CC1(C)c2ccccc2-c2ccc(N(c3ccc4c(c3)C3(c5ccccc5-c5ccccc53)c3ccccc3-4)c3ccc4c(oc5ccc6ccccc6c54)c3-c3ccccc3)cc21. The highest BCUT2D eigenvalue weighted by Gasteiger charge is 2.51. The van der Waals surface area contributed by atoms with Crippen LogP contribution >= 0.6 is 0 Å². The van der Waals surface area contributed by atoms with Gasteiger partial charge in [0.05, 0.1) is 11.1 Å². The van der Waals surface area contributed by atoms with Crippen molar-refractivity contribution in [2.75, 3.05) is 4.90 Å². The van der Waals surface area contributed by atoms with Crippen LogP contribution < -0.4 is 4.90 Å². The van der Waals surface area contributed by atoms with Gasteiger partial charge in [-0.25, -0.2) is 0 Å². The molecule has 3 aliphatic carbocycles. The number of furan rings is 1. The molecule has 1 heterocycles. The van der Waals surface area contributed by atoms with Gasteiger partial charge in [0, 0.05) is 33.1 Å². The van der Waals surface area contributed by atoms with E-state index in [0.29, 0.717) is 0 Å². The van der Waals surface area contributed by atoms with E-state index in [-0.39, 0.29) is 5.41 Å². The van der Waals surface area contributed by atoms with Gasteiger partial charge in [0.2, 0.25) is 0 Å². The summed E-state index contributed by atoms with van der Waals surface area (Å²) in [5.74, 6) is 0. The van der Waals surface area contributed by atoms with Gasteiger partial charge in [-0.2, -0.15) is 0 Å². The monoisotopic (exact) mass is 815 g/mol. The molecule has 11 aromatic rings. The topological polar surface area (TPSA) is 16.4 Å². The molecule has 0 amide bonds. The average Bonchev–Trinajstić information content (AvgIpc) is 4.04. The molecule has 64 heavy (non-hydrogen) atoms. The summed E-state index contributed by atoms with van der Waals surface area (Å²) in [5.41, 5.74) is 22.4. The number of benzene rings is 10. The summed E-state index contributed by atoms with van der Waals surface area (Å²) < 4.78 is 7.10. The van der Waals surface area contributed by atoms with Crippen molar-refractivity contribution in [2.45, 2.75) is 24.7 Å². The highest BCUT2D eigenvalue weighted by molar-refractivity contribution is 6.22. The molecule has 0 fully saturated rings. The number of hydrogen-bond donors (Lipinski definition) is 0. The molecule has 0 unspecified atom stereocenters. The molecule has 10 aromatic carbocycles. The molecule has 3 aliphatic rings. The van der Waals surface area contributed by atoms with E-state index in [9.17, 15) is 0 Å². The molecule has 14 rings (SSSR count). The molecule has 2 heteroatoms. The van der Waals surface area contributed by atoms with E-state index in [1.54, 1.807) is 0 Å². The maximum absolute atomic E-state index is 7.10. The summed E-state index contributed by atoms with van der Waals surface area (Å²) in [5, 5.41) is 4.66. The van der Waals surface area contributed by atoms with Gasteiger partial charge in [-0.05, 0) is 126 Å². The Labute approximate surface area is 372 Å². The Morgan fingerprint density at radius 2 is 0.906 bits per heavy atom. The number of anilines is 3. The Morgan fingerprint density at radius 1 is 0.391 bits per heavy atom. The second kappa shape index (κ2) is 12.8. The fourth-order valence-corrected chi connectivity index (χ4v) is 12.2. The van der Waals surface area contributed by atoms with Crippen LogP contribution in [0.5, 0.6) is 0 Å². The summed E-state index contributed by atoms with van der Waals surface area (Å²) >= 11 is 0. The van der Waals surface area contributed by atoms with Gasteiger partial charge in [-0.1, -0.05) is 184 Å². The fourth-order valence-electron chi connectivity index (χ4n) is 12.2. The van der Waals surface area contributed by atoms with Gasteiger partial charge in [0.25, 0.3) is 0 Å². The van der Waals surface area contributed by atoms with Crippen LogP contribution in [-0.2, 0) is 10.8 Å². The van der Waals surface area contributed by atoms with Crippen LogP contribution in [0.25, 0.3) is 77.2 Å². The van der Waals surface area contributed by atoms with Gasteiger partial charge in [-0.3, -0.25) is 0 Å². The lowest BCUT2D eigenvalue weighted by Crippen LogP contribution is -2.26. The lowest BCUT2D eigenvalue weighted by atomic mass is 9.70. The zero-order valence-electron chi connectivity index (χ0n) is 35.6. The lowest BCUT2D eigenvalue weighted by Gasteiger charge is -2.33. The van der Waals surface area contributed by atoms with Crippen LogP contribution in [0.3, 0.4) is 0 Å². The quantitative estimate of drug-likeness (QED) is 0.176. The molecule has 0 N–H and O–H groups in total. The van der Waals surface area contributed by atoms with E-state index in [1.165, 1.54) is 77.5 Å². The van der Waals surface area contributed by atoms with E-state index >= 15 is 0 Å². The van der Waals surface area contributed by atoms with E-state index in [1.807, 2.05) is 0 Å². The van der Waals surface area contributed by atoms with Crippen molar-refractivity contribution < 1.29 is 4.42 Å². The van der Waals surface area contributed by atoms with Crippen molar-refractivity contribution in [1.29, 1.82) is 0 Å². The molecular formula is C62H41NO. The van der Waals surface area contributed by atoms with Crippen molar-refractivity contribution in [2.24, 2.45) is 0 Å². The molecular weight excluding hydrogens is 775 g/mol. The third kappa shape index (κ3) is 4.54. The van der Waals surface area contributed by atoms with Gasteiger partial charge >= 0.3 is 0 Å². The molecule has 0 saturated heterocycles. The molecule has 0 saturated carbocycles. The highest BCUT2D eigenvalue weighted by atomic mass is 16.3. The van der Waals surface area contributed by atoms with Crippen LogP contribution in [0.4, 0.5) is 17.1 Å². The predicted molar refractivity (Wildman–Crippen MR) is 265 cm³/mol. The number of fused-ring (bicyclic) bond motifs is 18. The van der Waals surface area contributed by atoms with Crippen LogP contribution in [-0.4, -0.2) is 0 Å². The van der Waals surface area contributed by atoms with Crippen molar-refractivity contribution in [1.82, 2.24) is 0 Å². The summed E-state index contributed by atoms with van der Waals surface area (Å²) in [7, 11) is 0. The first kappa shape index (κ1) is 35.6. The Morgan fingerprint density at radius 3 is 1.56 bits per heavy atom. The highest BCUT2D eigenvalue weighted by Crippen LogP contribution is 2.64. The smallest absolute Gasteiger partial charge is 0.145 e. The summed E-state index contributed by atoms with van der Waals surface area (Å²) in [6.45, 7) is 4.74. The Bertz CT molecular complexity index is 3710. The second-order valence-corrected chi connectivity index (χ2v) is 18.3. The Balaban J connectivity index is 1.09. The molecule has 2 nitrogen and oxygen atoms in total. The van der Waals surface area contributed by atoms with Gasteiger partial charge in [0.15, 0.2) is 0 Å². The maximum atomic E-state index is 7.10. The minimum Gasteiger partial charge on any atom is -0.455 e. The van der Waals surface area contributed by atoms with Crippen molar-refractivity contribution in [3.05, 3.63) is 246 Å². The summed E-state index contributed by atoms with van der Waals surface area (Å²) in [6, 6.07) is 78.9.